The molecule has 26 heavy (non-hydrogen) atoms. The van der Waals surface area contributed by atoms with Crippen LogP contribution < -0.4 is 5.32 Å². The molecule has 5 rings (SSSR count). The second-order valence-electron chi connectivity index (χ2n) is 7.98. The largest absolute Gasteiger partial charge is 0.317 e. The first-order valence-corrected chi connectivity index (χ1v) is 9.76. The summed E-state index contributed by atoms with van der Waals surface area (Å²) in [6.07, 6.45) is 5.97. The van der Waals surface area contributed by atoms with Crippen LogP contribution in [-0.4, -0.2) is 40.6 Å². The highest BCUT2D eigenvalue weighted by Crippen LogP contribution is 2.39. The molecule has 0 atom stereocenters. The highest BCUT2D eigenvalue weighted by Gasteiger charge is 2.38. The summed E-state index contributed by atoms with van der Waals surface area (Å²) in [7, 11) is 0. The third kappa shape index (κ3) is 2.93. The van der Waals surface area contributed by atoms with Gasteiger partial charge in [-0.05, 0) is 74.1 Å². The number of benzene rings is 2. The Labute approximate surface area is 154 Å². The summed E-state index contributed by atoms with van der Waals surface area (Å²) in [6.45, 7) is 5.97. The lowest BCUT2D eigenvalue weighted by Gasteiger charge is -2.33. The quantitative estimate of drug-likeness (QED) is 0.787. The van der Waals surface area contributed by atoms with Gasteiger partial charge in [0.05, 0.1) is 11.0 Å². The number of fused-ring (bicyclic) bond motifs is 1. The van der Waals surface area contributed by atoms with E-state index in [1.807, 2.05) is 12.4 Å². The van der Waals surface area contributed by atoms with Crippen LogP contribution in [-0.2, 0) is 6.54 Å². The first kappa shape index (κ1) is 16.0. The summed E-state index contributed by atoms with van der Waals surface area (Å²) in [5.41, 5.74) is 5.37. The molecule has 2 aromatic carbocycles. The monoisotopic (exact) mass is 346 g/mol. The highest BCUT2D eigenvalue weighted by atomic mass is 15.2. The van der Waals surface area contributed by atoms with Crippen molar-refractivity contribution in [3.05, 3.63) is 60.4 Å². The van der Waals surface area contributed by atoms with Crippen molar-refractivity contribution < 1.29 is 0 Å². The molecule has 0 unspecified atom stereocenters. The maximum Gasteiger partial charge on any atom is 0.100 e. The predicted molar refractivity (Wildman–Crippen MR) is 106 cm³/mol. The van der Waals surface area contributed by atoms with Crippen molar-refractivity contribution in [2.24, 2.45) is 5.41 Å². The molecule has 2 fully saturated rings. The van der Waals surface area contributed by atoms with Crippen LogP contribution in [0.2, 0.25) is 0 Å². The Morgan fingerprint density at radius 1 is 0.962 bits per heavy atom. The Morgan fingerprint density at radius 3 is 2.62 bits per heavy atom. The summed E-state index contributed by atoms with van der Waals surface area (Å²) >= 11 is 0. The number of rotatable bonds is 3. The van der Waals surface area contributed by atoms with Crippen molar-refractivity contribution in [1.29, 1.82) is 0 Å². The van der Waals surface area contributed by atoms with Crippen LogP contribution in [0.25, 0.3) is 16.7 Å². The maximum atomic E-state index is 4.50. The lowest BCUT2D eigenvalue weighted by atomic mass is 9.78. The molecule has 2 aliphatic rings. The molecule has 0 saturated carbocycles. The molecule has 1 spiro atoms. The molecule has 0 radical (unpaired) electrons. The Bertz CT molecular complexity index is 890. The average Bonchev–Trinajstić information content (AvgIpc) is 3.28. The van der Waals surface area contributed by atoms with Crippen LogP contribution in [0, 0.1) is 5.41 Å². The molecular weight excluding hydrogens is 320 g/mol. The topological polar surface area (TPSA) is 33.1 Å². The number of aromatic nitrogens is 2. The van der Waals surface area contributed by atoms with E-state index in [-0.39, 0.29) is 0 Å². The third-order valence-electron chi connectivity index (χ3n) is 6.26. The third-order valence-corrected chi connectivity index (χ3v) is 6.26. The molecule has 4 heteroatoms. The van der Waals surface area contributed by atoms with Gasteiger partial charge in [0.15, 0.2) is 0 Å². The summed E-state index contributed by atoms with van der Waals surface area (Å²) in [5.74, 6) is 0. The Balaban J connectivity index is 1.30. The molecule has 0 amide bonds. The van der Waals surface area contributed by atoms with Gasteiger partial charge in [-0.2, -0.15) is 0 Å². The zero-order valence-electron chi connectivity index (χ0n) is 15.2. The molecule has 0 bridgehead atoms. The van der Waals surface area contributed by atoms with Gasteiger partial charge in [-0.25, -0.2) is 4.98 Å². The summed E-state index contributed by atoms with van der Waals surface area (Å²) in [5, 5.41) is 3.51. The van der Waals surface area contributed by atoms with E-state index in [4.69, 9.17) is 0 Å². The minimum absolute atomic E-state index is 0.584. The van der Waals surface area contributed by atoms with Crippen molar-refractivity contribution in [2.75, 3.05) is 26.2 Å². The van der Waals surface area contributed by atoms with Gasteiger partial charge in [-0.15, -0.1) is 0 Å². The van der Waals surface area contributed by atoms with Crippen LogP contribution in [0.15, 0.2) is 54.9 Å². The van der Waals surface area contributed by atoms with Gasteiger partial charge in [0, 0.05) is 18.8 Å². The number of para-hydroxylation sites is 2. The maximum absolute atomic E-state index is 4.50. The molecule has 3 aromatic rings. The molecule has 3 heterocycles. The second-order valence-corrected chi connectivity index (χ2v) is 7.98. The highest BCUT2D eigenvalue weighted by molar-refractivity contribution is 5.77. The van der Waals surface area contributed by atoms with E-state index < -0.39 is 0 Å². The number of nitrogens with one attached hydrogen (secondary N) is 1. The van der Waals surface area contributed by atoms with Crippen molar-refractivity contribution in [3.63, 3.8) is 0 Å². The molecule has 1 N–H and O–H groups in total. The van der Waals surface area contributed by atoms with E-state index in [9.17, 15) is 0 Å². The van der Waals surface area contributed by atoms with Crippen molar-refractivity contribution >= 4 is 11.0 Å². The van der Waals surface area contributed by atoms with E-state index in [1.54, 1.807) is 0 Å². The van der Waals surface area contributed by atoms with E-state index >= 15 is 0 Å². The van der Waals surface area contributed by atoms with Gasteiger partial charge in [-0.3, -0.25) is 9.47 Å². The van der Waals surface area contributed by atoms with Crippen LogP contribution in [0.3, 0.4) is 0 Å². The first-order chi connectivity index (χ1) is 12.8. The predicted octanol–water partition coefficient (Wildman–Crippen LogP) is 3.60. The average molecular weight is 346 g/mol. The molecule has 0 aliphatic carbocycles. The Morgan fingerprint density at radius 2 is 1.77 bits per heavy atom. The fourth-order valence-corrected chi connectivity index (χ4v) is 4.71. The van der Waals surface area contributed by atoms with E-state index in [0.29, 0.717) is 5.41 Å². The number of piperidine rings is 1. The van der Waals surface area contributed by atoms with Gasteiger partial charge < -0.3 is 5.32 Å². The van der Waals surface area contributed by atoms with Gasteiger partial charge in [0.25, 0.3) is 0 Å². The lowest BCUT2D eigenvalue weighted by Crippen LogP contribution is -2.38. The summed E-state index contributed by atoms with van der Waals surface area (Å²) in [4.78, 5) is 7.14. The van der Waals surface area contributed by atoms with Crippen LogP contribution in [0.1, 0.15) is 24.8 Å². The zero-order valence-corrected chi connectivity index (χ0v) is 15.2. The minimum Gasteiger partial charge on any atom is -0.317 e. The fraction of sp³-hybridized carbons (Fsp3) is 0.409. The molecular formula is C22H26N4. The smallest absolute Gasteiger partial charge is 0.100 e. The van der Waals surface area contributed by atoms with Crippen molar-refractivity contribution in [3.8, 4) is 5.69 Å². The van der Waals surface area contributed by atoms with Gasteiger partial charge in [0.1, 0.15) is 6.33 Å². The van der Waals surface area contributed by atoms with E-state index in [1.165, 1.54) is 56.7 Å². The van der Waals surface area contributed by atoms with Crippen LogP contribution in [0.5, 0.6) is 0 Å². The molecule has 1 aromatic heterocycles. The standard InChI is InChI=1S/C22H26N4/c1-2-4-21-20(3-1)24-17-26(21)19-7-5-18(6-8-19)15-25-14-11-22(16-25)9-12-23-13-10-22/h1-8,17,23H,9-16H2. The second kappa shape index (κ2) is 6.53. The van der Waals surface area contributed by atoms with Gasteiger partial charge in [0.2, 0.25) is 0 Å². The van der Waals surface area contributed by atoms with Gasteiger partial charge >= 0.3 is 0 Å². The van der Waals surface area contributed by atoms with Crippen molar-refractivity contribution in [2.45, 2.75) is 25.8 Å². The SMILES string of the molecule is c1ccc2c(c1)ncn2-c1ccc(CN2CCC3(CCNCC3)C2)cc1. The van der Waals surface area contributed by atoms with E-state index in [0.717, 1.165) is 17.6 Å². The molecule has 134 valence electrons. The van der Waals surface area contributed by atoms with E-state index in [2.05, 4.69) is 62.2 Å². The van der Waals surface area contributed by atoms with Crippen LogP contribution >= 0.6 is 0 Å². The molecule has 2 saturated heterocycles. The number of hydrogen-bond acceptors (Lipinski definition) is 3. The molecule has 4 nitrogen and oxygen atoms in total. The Hall–Kier alpha value is -2.17. The van der Waals surface area contributed by atoms with Crippen molar-refractivity contribution in [1.82, 2.24) is 19.8 Å². The Kier molecular flexibility index (Phi) is 4.03. The van der Waals surface area contributed by atoms with Gasteiger partial charge in [-0.1, -0.05) is 24.3 Å². The number of likely N-dealkylation sites (tertiary alicyclic amines) is 1. The summed E-state index contributed by atoms with van der Waals surface area (Å²) < 4.78 is 2.17. The normalized spacial score (nSPS) is 20.2. The first-order valence-electron chi connectivity index (χ1n) is 9.76. The lowest BCUT2D eigenvalue weighted by molar-refractivity contribution is 0.194. The number of imidazole rings is 1. The fourth-order valence-electron chi connectivity index (χ4n) is 4.71. The number of nitrogens with zero attached hydrogens (tertiary/aromatic N) is 3. The minimum atomic E-state index is 0.584. The molecule has 2 aliphatic heterocycles. The van der Waals surface area contributed by atoms with Crippen LogP contribution in [0.4, 0.5) is 0 Å². The number of hydrogen-bond donors (Lipinski definition) is 1. The zero-order chi connectivity index (χ0) is 17.4. The summed E-state index contributed by atoms with van der Waals surface area (Å²) in [6, 6.07) is 17.3.